The smallest absolute Gasteiger partial charge is 0.134 e. The molecule has 0 spiro atoms. The van der Waals surface area contributed by atoms with Crippen molar-refractivity contribution in [3.05, 3.63) is 12.4 Å². The van der Waals surface area contributed by atoms with E-state index in [0.29, 0.717) is 12.5 Å². The van der Waals surface area contributed by atoms with Crippen molar-refractivity contribution in [1.29, 1.82) is 0 Å². The minimum atomic E-state index is 0.0680. The Labute approximate surface area is 156 Å². The van der Waals surface area contributed by atoms with Gasteiger partial charge < -0.3 is 24.8 Å². The lowest BCUT2D eigenvalue weighted by Gasteiger charge is -2.36. The van der Waals surface area contributed by atoms with E-state index < -0.39 is 0 Å². The van der Waals surface area contributed by atoms with Crippen molar-refractivity contribution in [2.45, 2.75) is 57.8 Å². The van der Waals surface area contributed by atoms with Gasteiger partial charge in [-0.2, -0.15) is 0 Å². The van der Waals surface area contributed by atoms with E-state index in [0.717, 1.165) is 57.0 Å². The first-order chi connectivity index (χ1) is 12.7. The van der Waals surface area contributed by atoms with E-state index in [1.807, 2.05) is 6.07 Å². The van der Waals surface area contributed by atoms with Crippen LogP contribution in [-0.2, 0) is 9.47 Å². The van der Waals surface area contributed by atoms with Crippen LogP contribution >= 0.6 is 0 Å². The van der Waals surface area contributed by atoms with Crippen LogP contribution in [0.3, 0.4) is 0 Å². The van der Waals surface area contributed by atoms with Crippen LogP contribution in [0.2, 0.25) is 0 Å². The number of aromatic nitrogens is 2. The van der Waals surface area contributed by atoms with E-state index in [4.69, 9.17) is 14.6 Å². The summed E-state index contributed by atoms with van der Waals surface area (Å²) in [6, 6.07) is 2.31. The highest BCUT2D eigenvalue weighted by atomic mass is 16.5. The fourth-order valence-electron chi connectivity index (χ4n) is 3.91. The van der Waals surface area contributed by atoms with Crippen LogP contribution in [0.5, 0.6) is 0 Å². The van der Waals surface area contributed by atoms with Crippen molar-refractivity contribution < 1.29 is 14.6 Å². The van der Waals surface area contributed by atoms with Gasteiger partial charge in [0.2, 0.25) is 0 Å². The molecule has 26 heavy (non-hydrogen) atoms. The summed E-state index contributed by atoms with van der Waals surface area (Å²) in [4.78, 5) is 11.1. The predicted octanol–water partition coefficient (Wildman–Crippen LogP) is 2.07. The molecule has 146 valence electrons. The van der Waals surface area contributed by atoms with Crippen molar-refractivity contribution >= 4 is 11.6 Å². The number of rotatable bonds is 7. The molecule has 2 N–H and O–H groups in total. The van der Waals surface area contributed by atoms with Gasteiger partial charge in [-0.1, -0.05) is 13.8 Å². The molecule has 2 saturated heterocycles. The summed E-state index contributed by atoms with van der Waals surface area (Å²) in [6.45, 7) is 7.49. The molecule has 2 fully saturated rings. The lowest BCUT2D eigenvalue weighted by molar-refractivity contribution is -0.0203. The molecule has 3 rings (SSSR count). The molecule has 0 saturated carbocycles. The predicted molar refractivity (Wildman–Crippen MR) is 102 cm³/mol. The molecular weight excluding hydrogens is 332 g/mol. The van der Waals surface area contributed by atoms with Crippen molar-refractivity contribution in [2.75, 3.05) is 43.1 Å². The third-order valence-corrected chi connectivity index (χ3v) is 5.16. The third kappa shape index (κ3) is 5.05. The average Bonchev–Trinajstić information content (AvgIpc) is 2.67. The molecule has 3 atom stereocenters. The van der Waals surface area contributed by atoms with Gasteiger partial charge in [-0.25, -0.2) is 9.97 Å². The lowest BCUT2D eigenvalue weighted by atomic mass is 9.93. The maximum absolute atomic E-state index is 8.95. The number of hydrogen-bond acceptors (Lipinski definition) is 7. The van der Waals surface area contributed by atoms with Crippen LogP contribution in [0.15, 0.2) is 12.4 Å². The minimum Gasteiger partial charge on any atom is -0.394 e. The molecule has 7 heteroatoms. The van der Waals surface area contributed by atoms with Gasteiger partial charge in [0.05, 0.1) is 31.5 Å². The van der Waals surface area contributed by atoms with Gasteiger partial charge in [-0.05, 0) is 31.6 Å². The zero-order valence-corrected chi connectivity index (χ0v) is 15.9. The van der Waals surface area contributed by atoms with Crippen LogP contribution in [-0.4, -0.2) is 66.2 Å². The molecule has 0 unspecified atom stereocenters. The Morgan fingerprint density at radius 2 is 2.23 bits per heavy atom. The molecule has 1 aromatic rings. The molecule has 7 nitrogen and oxygen atoms in total. The SMILES string of the molecule is CC(C)[C@@H]1OCCC[C@@H]1Nc1cc(N2CCC[C@@H](OCCO)C2)ncn1. The van der Waals surface area contributed by atoms with Crippen LogP contribution in [0, 0.1) is 5.92 Å². The fraction of sp³-hybridized carbons (Fsp3) is 0.789. The number of aliphatic hydroxyl groups is 1. The van der Waals surface area contributed by atoms with Gasteiger partial charge in [0, 0.05) is 25.8 Å². The summed E-state index contributed by atoms with van der Waals surface area (Å²) < 4.78 is 11.7. The van der Waals surface area contributed by atoms with E-state index in [-0.39, 0.29) is 24.9 Å². The van der Waals surface area contributed by atoms with Crippen LogP contribution in [0.25, 0.3) is 0 Å². The Hall–Kier alpha value is -1.44. The molecule has 2 aliphatic rings. The van der Waals surface area contributed by atoms with Crippen LogP contribution < -0.4 is 10.2 Å². The zero-order chi connectivity index (χ0) is 18.4. The second-order valence-electron chi connectivity index (χ2n) is 7.54. The van der Waals surface area contributed by atoms with Gasteiger partial charge in [0.25, 0.3) is 0 Å². The van der Waals surface area contributed by atoms with E-state index in [1.165, 1.54) is 0 Å². The Kier molecular flexibility index (Phi) is 7.05. The van der Waals surface area contributed by atoms with E-state index in [1.54, 1.807) is 6.33 Å². The number of anilines is 2. The monoisotopic (exact) mass is 364 g/mol. The summed E-state index contributed by atoms with van der Waals surface area (Å²) >= 11 is 0. The van der Waals surface area contributed by atoms with Crippen molar-refractivity contribution in [2.24, 2.45) is 5.92 Å². The van der Waals surface area contributed by atoms with Crippen LogP contribution in [0.1, 0.15) is 39.5 Å². The fourth-order valence-corrected chi connectivity index (χ4v) is 3.91. The molecule has 0 aromatic carbocycles. The number of nitrogens with zero attached hydrogens (tertiary/aromatic N) is 3. The first kappa shape index (κ1) is 19.3. The minimum absolute atomic E-state index is 0.0680. The van der Waals surface area contributed by atoms with Crippen LogP contribution in [0.4, 0.5) is 11.6 Å². The van der Waals surface area contributed by atoms with Crippen molar-refractivity contribution in [3.8, 4) is 0 Å². The highest BCUT2D eigenvalue weighted by molar-refractivity contribution is 5.49. The number of hydrogen-bond donors (Lipinski definition) is 2. The number of aliphatic hydroxyl groups excluding tert-OH is 1. The number of piperidine rings is 1. The van der Waals surface area contributed by atoms with Crippen molar-refractivity contribution in [3.63, 3.8) is 0 Å². The van der Waals surface area contributed by atoms with E-state index >= 15 is 0 Å². The Morgan fingerprint density at radius 3 is 3.04 bits per heavy atom. The molecule has 0 amide bonds. The normalized spacial score (nSPS) is 26.9. The third-order valence-electron chi connectivity index (χ3n) is 5.16. The van der Waals surface area contributed by atoms with Gasteiger partial charge in [-0.3, -0.25) is 0 Å². The molecule has 0 radical (unpaired) electrons. The molecule has 0 bridgehead atoms. The molecular formula is C19H32N4O3. The second-order valence-corrected chi connectivity index (χ2v) is 7.54. The maximum Gasteiger partial charge on any atom is 0.134 e. The molecule has 2 aliphatic heterocycles. The van der Waals surface area contributed by atoms with Gasteiger partial charge in [0.15, 0.2) is 0 Å². The van der Waals surface area contributed by atoms with Gasteiger partial charge in [0.1, 0.15) is 18.0 Å². The highest BCUT2D eigenvalue weighted by Crippen LogP contribution is 2.25. The Morgan fingerprint density at radius 1 is 1.35 bits per heavy atom. The average molecular weight is 364 g/mol. The van der Waals surface area contributed by atoms with Gasteiger partial charge in [-0.15, -0.1) is 0 Å². The van der Waals surface area contributed by atoms with E-state index in [2.05, 4.69) is 34.0 Å². The van der Waals surface area contributed by atoms with E-state index in [9.17, 15) is 0 Å². The summed E-state index contributed by atoms with van der Waals surface area (Å²) in [5.41, 5.74) is 0. The Bertz CT molecular complexity index is 557. The summed E-state index contributed by atoms with van der Waals surface area (Å²) in [7, 11) is 0. The zero-order valence-electron chi connectivity index (χ0n) is 15.9. The largest absolute Gasteiger partial charge is 0.394 e. The molecule has 1 aromatic heterocycles. The second kappa shape index (κ2) is 9.48. The highest BCUT2D eigenvalue weighted by Gasteiger charge is 2.29. The first-order valence-corrected chi connectivity index (χ1v) is 9.85. The number of nitrogens with one attached hydrogen (secondary N) is 1. The Balaban J connectivity index is 1.64. The topological polar surface area (TPSA) is 79.7 Å². The quantitative estimate of drug-likeness (QED) is 0.767. The standard InChI is InChI=1S/C19H32N4O3/c1-14(2)19-16(6-4-9-26-19)22-17-11-18(21-13-20-17)23-7-3-5-15(12-23)25-10-8-24/h11,13-16,19,24H,3-10,12H2,1-2H3,(H,20,21,22)/t15-,16+,19+/m1/s1. The first-order valence-electron chi connectivity index (χ1n) is 9.85. The summed E-state index contributed by atoms with van der Waals surface area (Å²) in [5.74, 6) is 2.26. The van der Waals surface area contributed by atoms with Crippen molar-refractivity contribution in [1.82, 2.24) is 9.97 Å². The van der Waals surface area contributed by atoms with Gasteiger partial charge >= 0.3 is 0 Å². The lowest BCUT2D eigenvalue weighted by Crippen LogP contribution is -2.43. The number of ether oxygens (including phenoxy) is 2. The molecule has 3 heterocycles. The summed E-state index contributed by atoms with van der Waals surface area (Å²) in [5, 5.41) is 12.5. The molecule has 0 aliphatic carbocycles. The summed E-state index contributed by atoms with van der Waals surface area (Å²) in [6.07, 6.45) is 6.27. The maximum atomic E-state index is 8.95.